The highest BCUT2D eigenvalue weighted by molar-refractivity contribution is 14.0. The SMILES string of the molecule is CCNC(=NCCS(=O)(=O)N(CC)CC)NCCc1c[nH]c2ccc(F)cc12.I. The Morgan fingerprint density at radius 1 is 1.21 bits per heavy atom. The molecule has 29 heavy (non-hydrogen) atoms. The van der Waals surface area contributed by atoms with Crippen molar-refractivity contribution in [3.05, 3.63) is 35.8 Å². The van der Waals surface area contributed by atoms with Gasteiger partial charge in [0.2, 0.25) is 10.0 Å². The molecule has 0 aliphatic carbocycles. The quantitative estimate of drug-likeness (QED) is 0.246. The van der Waals surface area contributed by atoms with Gasteiger partial charge in [0.15, 0.2) is 5.96 Å². The summed E-state index contributed by atoms with van der Waals surface area (Å²) in [5.74, 6) is 0.293. The molecule has 0 aliphatic rings. The zero-order valence-corrected chi connectivity index (χ0v) is 20.3. The van der Waals surface area contributed by atoms with E-state index >= 15 is 0 Å². The van der Waals surface area contributed by atoms with Crippen molar-refractivity contribution >= 4 is 50.9 Å². The lowest BCUT2D eigenvalue weighted by Crippen LogP contribution is -2.39. The number of hydrogen-bond acceptors (Lipinski definition) is 3. The van der Waals surface area contributed by atoms with Gasteiger partial charge in [-0.05, 0) is 37.1 Å². The fourth-order valence-corrected chi connectivity index (χ4v) is 4.40. The molecule has 2 aromatic rings. The molecule has 0 unspecified atom stereocenters. The van der Waals surface area contributed by atoms with Crippen molar-refractivity contribution in [2.75, 3.05) is 38.5 Å². The van der Waals surface area contributed by atoms with E-state index in [2.05, 4.69) is 20.6 Å². The van der Waals surface area contributed by atoms with Crippen molar-refractivity contribution in [1.29, 1.82) is 0 Å². The van der Waals surface area contributed by atoms with E-state index in [0.717, 1.165) is 16.5 Å². The van der Waals surface area contributed by atoms with Crippen LogP contribution in [-0.4, -0.2) is 62.1 Å². The topological polar surface area (TPSA) is 89.6 Å². The second kappa shape index (κ2) is 12.3. The van der Waals surface area contributed by atoms with Gasteiger partial charge in [0.05, 0.1) is 12.3 Å². The van der Waals surface area contributed by atoms with E-state index in [4.69, 9.17) is 0 Å². The predicted molar refractivity (Wildman–Crippen MR) is 128 cm³/mol. The minimum atomic E-state index is -3.29. The molecule has 3 N–H and O–H groups in total. The van der Waals surface area contributed by atoms with Crippen LogP contribution in [0.25, 0.3) is 10.9 Å². The zero-order chi connectivity index (χ0) is 20.6. The maximum absolute atomic E-state index is 13.5. The first-order valence-corrected chi connectivity index (χ1v) is 11.3. The van der Waals surface area contributed by atoms with Gasteiger partial charge in [-0.3, -0.25) is 4.99 Å². The number of nitrogens with one attached hydrogen (secondary N) is 3. The molecular weight excluding hydrogens is 508 g/mol. The van der Waals surface area contributed by atoms with Gasteiger partial charge in [0, 0.05) is 43.3 Å². The van der Waals surface area contributed by atoms with Crippen LogP contribution in [0.1, 0.15) is 26.3 Å². The van der Waals surface area contributed by atoms with Gasteiger partial charge >= 0.3 is 0 Å². The number of aromatic nitrogens is 1. The van der Waals surface area contributed by atoms with Crippen LogP contribution in [0.3, 0.4) is 0 Å². The van der Waals surface area contributed by atoms with E-state index in [-0.39, 0.29) is 42.1 Å². The van der Waals surface area contributed by atoms with Crippen molar-refractivity contribution in [3.8, 4) is 0 Å². The van der Waals surface area contributed by atoms with E-state index in [1.54, 1.807) is 6.07 Å². The predicted octanol–water partition coefficient (Wildman–Crippen LogP) is 2.69. The molecule has 1 aromatic carbocycles. The Balaban J connectivity index is 0.00000420. The molecule has 0 fully saturated rings. The Morgan fingerprint density at radius 2 is 1.93 bits per heavy atom. The van der Waals surface area contributed by atoms with Crippen molar-refractivity contribution in [1.82, 2.24) is 19.9 Å². The zero-order valence-electron chi connectivity index (χ0n) is 17.2. The lowest BCUT2D eigenvalue weighted by Gasteiger charge is -2.17. The van der Waals surface area contributed by atoms with Gasteiger partial charge in [-0.1, -0.05) is 13.8 Å². The molecule has 0 saturated carbocycles. The van der Waals surface area contributed by atoms with Gasteiger partial charge in [0.25, 0.3) is 0 Å². The van der Waals surface area contributed by atoms with Crippen LogP contribution in [0.4, 0.5) is 4.39 Å². The summed E-state index contributed by atoms with van der Waals surface area (Å²) in [7, 11) is -3.29. The molecule has 0 bridgehead atoms. The van der Waals surface area contributed by atoms with Crippen LogP contribution in [0.15, 0.2) is 29.4 Å². The highest BCUT2D eigenvalue weighted by Crippen LogP contribution is 2.19. The third-order valence-corrected chi connectivity index (χ3v) is 6.48. The Morgan fingerprint density at radius 3 is 2.59 bits per heavy atom. The number of halogens is 2. The summed E-state index contributed by atoms with van der Waals surface area (Å²) in [6.07, 6.45) is 2.57. The number of nitrogens with zero attached hydrogens (tertiary/aromatic N) is 2. The maximum Gasteiger partial charge on any atom is 0.215 e. The smallest absolute Gasteiger partial charge is 0.215 e. The minimum absolute atomic E-state index is 0. The van der Waals surface area contributed by atoms with Gasteiger partial charge in [-0.2, -0.15) is 0 Å². The Hall–Kier alpha value is -1.40. The maximum atomic E-state index is 13.5. The number of fused-ring (bicyclic) bond motifs is 1. The van der Waals surface area contributed by atoms with Gasteiger partial charge < -0.3 is 15.6 Å². The third kappa shape index (κ3) is 7.41. The first kappa shape index (κ1) is 25.6. The number of sulfonamides is 1. The molecule has 0 saturated heterocycles. The van der Waals surface area contributed by atoms with Crippen molar-refractivity contribution in [2.45, 2.75) is 27.2 Å². The highest BCUT2D eigenvalue weighted by atomic mass is 127. The number of aliphatic imine (C=N–C) groups is 1. The largest absolute Gasteiger partial charge is 0.361 e. The Bertz CT molecular complexity index is 897. The first-order valence-electron chi connectivity index (χ1n) is 9.66. The number of H-pyrrole nitrogens is 1. The molecule has 2 rings (SSSR count). The molecule has 0 spiro atoms. The van der Waals surface area contributed by atoms with Crippen LogP contribution >= 0.6 is 24.0 Å². The third-order valence-electron chi connectivity index (χ3n) is 4.48. The lowest BCUT2D eigenvalue weighted by atomic mass is 10.1. The van der Waals surface area contributed by atoms with Crippen molar-refractivity contribution < 1.29 is 12.8 Å². The van der Waals surface area contributed by atoms with E-state index in [0.29, 0.717) is 38.6 Å². The summed E-state index contributed by atoms with van der Waals surface area (Å²) in [6, 6.07) is 4.69. The van der Waals surface area contributed by atoms with E-state index in [9.17, 15) is 12.8 Å². The molecule has 10 heteroatoms. The number of guanidine groups is 1. The summed E-state index contributed by atoms with van der Waals surface area (Å²) in [6.45, 7) is 7.99. The average Bonchev–Trinajstić information content (AvgIpc) is 3.04. The van der Waals surface area contributed by atoms with Crippen LogP contribution < -0.4 is 10.6 Å². The van der Waals surface area contributed by atoms with Gasteiger partial charge in [-0.25, -0.2) is 17.1 Å². The van der Waals surface area contributed by atoms with Gasteiger partial charge in [-0.15, -0.1) is 24.0 Å². The van der Waals surface area contributed by atoms with Crippen molar-refractivity contribution in [2.24, 2.45) is 4.99 Å². The summed E-state index contributed by atoms with van der Waals surface area (Å²) < 4.78 is 39.4. The number of hydrogen-bond donors (Lipinski definition) is 3. The van der Waals surface area contributed by atoms with Crippen LogP contribution in [-0.2, 0) is 16.4 Å². The fourth-order valence-electron chi connectivity index (χ4n) is 3.03. The van der Waals surface area contributed by atoms with Crippen LogP contribution in [0, 0.1) is 5.82 Å². The van der Waals surface area contributed by atoms with E-state index in [1.165, 1.54) is 16.4 Å². The molecule has 0 aliphatic heterocycles. The molecule has 7 nitrogen and oxygen atoms in total. The number of aromatic amines is 1. The average molecular weight is 539 g/mol. The molecule has 1 aromatic heterocycles. The summed E-state index contributed by atoms with van der Waals surface area (Å²) in [5, 5.41) is 7.19. The fraction of sp³-hybridized carbons (Fsp3) is 0.526. The van der Waals surface area contributed by atoms with Crippen molar-refractivity contribution in [3.63, 3.8) is 0 Å². The summed E-state index contributed by atoms with van der Waals surface area (Å²) in [4.78, 5) is 7.51. The molecule has 0 atom stereocenters. The number of rotatable bonds is 10. The Kier molecular flexibility index (Phi) is 10.9. The van der Waals surface area contributed by atoms with E-state index < -0.39 is 10.0 Å². The summed E-state index contributed by atoms with van der Waals surface area (Å²) in [5.41, 5.74) is 1.92. The molecule has 164 valence electrons. The Labute approximate surface area is 189 Å². The van der Waals surface area contributed by atoms with Gasteiger partial charge in [0.1, 0.15) is 5.82 Å². The molecule has 1 heterocycles. The molecule has 0 amide bonds. The first-order chi connectivity index (χ1) is 13.4. The molecular formula is C19H31FIN5O2S. The molecule has 0 radical (unpaired) electrons. The lowest BCUT2D eigenvalue weighted by molar-refractivity contribution is 0.445. The second-order valence-corrected chi connectivity index (χ2v) is 8.43. The van der Waals surface area contributed by atoms with Crippen LogP contribution in [0.2, 0.25) is 0 Å². The number of benzene rings is 1. The highest BCUT2D eigenvalue weighted by Gasteiger charge is 2.17. The standard InChI is InChI=1S/C19H30FN5O2S.HI/c1-4-21-19(23-11-12-28(26,27)25(5-2)6-3)22-10-9-15-14-24-18-8-7-16(20)13-17(15)18;/h7-8,13-14,24H,4-6,9-12H2,1-3H3,(H2,21,22,23);1H. The monoisotopic (exact) mass is 539 g/mol. The summed E-state index contributed by atoms with van der Waals surface area (Å²) >= 11 is 0. The minimum Gasteiger partial charge on any atom is -0.361 e. The van der Waals surface area contributed by atoms with E-state index in [1.807, 2.05) is 27.0 Å². The van der Waals surface area contributed by atoms with Crippen LogP contribution in [0.5, 0.6) is 0 Å². The second-order valence-electron chi connectivity index (χ2n) is 6.34. The normalized spacial score (nSPS) is 12.2.